The highest BCUT2D eigenvalue weighted by atomic mass is 32.1. The van der Waals surface area contributed by atoms with Crippen LogP contribution in [0.5, 0.6) is 0 Å². The number of nitrogens with zero attached hydrogens (tertiary/aromatic N) is 5. The van der Waals surface area contributed by atoms with Gasteiger partial charge in [-0.05, 0) is 69.5 Å². The Labute approximate surface area is 195 Å². The van der Waals surface area contributed by atoms with Crippen LogP contribution in [0.3, 0.4) is 0 Å². The second-order valence-corrected chi connectivity index (χ2v) is 9.55. The number of aromatic nitrogens is 4. The molecule has 0 saturated carbocycles. The minimum absolute atomic E-state index is 0.274. The van der Waals surface area contributed by atoms with E-state index in [1.54, 1.807) is 22.2 Å². The molecule has 1 fully saturated rings. The fourth-order valence-electron chi connectivity index (χ4n) is 4.41. The Kier molecular flexibility index (Phi) is 5.82. The summed E-state index contributed by atoms with van der Waals surface area (Å²) in [4.78, 5) is 23.0. The molecule has 0 spiro atoms. The maximum Gasteiger partial charge on any atom is 0.345 e. The van der Waals surface area contributed by atoms with Gasteiger partial charge >= 0.3 is 5.97 Å². The minimum Gasteiger partial charge on any atom is -0.477 e. The van der Waals surface area contributed by atoms with Gasteiger partial charge in [-0.15, -0.1) is 11.3 Å². The van der Waals surface area contributed by atoms with Gasteiger partial charge in [0, 0.05) is 22.7 Å². The first-order chi connectivity index (χ1) is 16.0. The number of hydrogen-bond donors (Lipinski definition) is 2. The first-order valence-corrected chi connectivity index (χ1v) is 12.0. The highest BCUT2D eigenvalue weighted by Gasteiger charge is 2.22. The summed E-state index contributed by atoms with van der Waals surface area (Å²) in [5, 5.41) is 18.7. The van der Waals surface area contributed by atoms with Gasteiger partial charge in [-0.25, -0.2) is 19.3 Å². The third-order valence-corrected chi connectivity index (χ3v) is 7.23. The number of carboxylic acids is 1. The number of thiophene rings is 1. The van der Waals surface area contributed by atoms with E-state index < -0.39 is 5.97 Å². The van der Waals surface area contributed by atoms with Gasteiger partial charge in [-0.2, -0.15) is 5.10 Å². The van der Waals surface area contributed by atoms with E-state index in [1.165, 1.54) is 36.1 Å². The molecule has 1 saturated heterocycles. The van der Waals surface area contributed by atoms with Crippen LogP contribution in [0.15, 0.2) is 48.2 Å². The molecule has 0 unspecified atom stereocenters. The largest absolute Gasteiger partial charge is 0.477 e. The average Bonchev–Trinajstić information content (AvgIpc) is 3.51. The number of carbonyl (C=O) groups is 1. The van der Waals surface area contributed by atoms with Crippen LogP contribution in [0, 0.1) is 0 Å². The normalized spacial score (nSPS) is 15.4. The van der Waals surface area contributed by atoms with Gasteiger partial charge in [0.1, 0.15) is 11.2 Å². The smallest absolute Gasteiger partial charge is 0.345 e. The van der Waals surface area contributed by atoms with Crippen molar-refractivity contribution in [2.45, 2.75) is 38.6 Å². The highest BCUT2D eigenvalue weighted by molar-refractivity contribution is 7.12. The Morgan fingerprint density at radius 3 is 2.61 bits per heavy atom. The molecule has 5 rings (SSSR count). The van der Waals surface area contributed by atoms with Crippen LogP contribution in [0.25, 0.3) is 16.9 Å². The first-order valence-electron chi connectivity index (χ1n) is 11.1. The van der Waals surface area contributed by atoms with Crippen LogP contribution in [0.4, 0.5) is 11.5 Å². The molecule has 0 bridgehead atoms. The minimum atomic E-state index is -0.943. The van der Waals surface area contributed by atoms with Crippen molar-refractivity contribution >= 4 is 34.5 Å². The van der Waals surface area contributed by atoms with Crippen LogP contribution < -0.4 is 5.32 Å². The maximum absolute atomic E-state index is 11.2. The van der Waals surface area contributed by atoms with Crippen molar-refractivity contribution in [2.75, 3.05) is 18.4 Å². The van der Waals surface area contributed by atoms with Gasteiger partial charge in [0.2, 0.25) is 0 Å². The Morgan fingerprint density at radius 2 is 1.94 bits per heavy atom. The van der Waals surface area contributed by atoms with E-state index in [2.05, 4.69) is 63.4 Å². The number of piperidine rings is 1. The van der Waals surface area contributed by atoms with E-state index in [0.717, 1.165) is 24.3 Å². The summed E-state index contributed by atoms with van der Waals surface area (Å²) in [5.41, 5.74) is 4.35. The zero-order chi connectivity index (χ0) is 22.9. The van der Waals surface area contributed by atoms with Gasteiger partial charge in [0.25, 0.3) is 0 Å². The Bertz CT molecular complexity index is 1270. The molecule has 3 aromatic heterocycles. The first kappa shape index (κ1) is 21.5. The van der Waals surface area contributed by atoms with Crippen molar-refractivity contribution < 1.29 is 9.90 Å². The van der Waals surface area contributed by atoms with E-state index in [9.17, 15) is 9.90 Å². The second-order valence-electron chi connectivity index (χ2n) is 8.64. The lowest BCUT2D eigenvalue weighted by Gasteiger charge is -2.34. The number of benzene rings is 1. The molecule has 0 atom stereocenters. The predicted molar refractivity (Wildman–Crippen MR) is 129 cm³/mol. The number of hydrogen-bond acceptors (Lipinski definition) is 7. The monoisotopic (exact) mass is 462 g/mol. The standard InChI is InChI=1S/C24H26N6O2S/c1-15(2)29-9-7-17(8-10-29)16-3-5-19(6-4-16)28-22-23-26-14-27-30(23)20(12-25-22)18-11-21(24(31)32)33-13-18/h3-6,11-15,17H,7-10H2,1-2H3,(H,25,28)(H,31,32). The number of aromatic carboxylic acids is 1. The van der Waals surface area contributed by atoms with E-state index in [1.807, 2.05) is 0 Å². The molecule has 0 amide bonds. The molecule has 8 nitrogen and oxygen atoms in total. The molecule has 33 heavy (non-hydrogen) atoms. The summed E-state index contributed by atoms with van der Waals surface area (Å²) in [6, 6.07) is 10.8. The molecule has 170 valence electrons. The summed E-state index contributed by atoms with van der Waals surface area (Å²) < 4.78 is 1.68. The average molecular weight is 463 g/mol. The van der Waals surface area contributed by atoms with E-state index in [4.69, 9.17) is 0 Å². The summed E-state index contributed by atoms with van der Waals surface area (Å²) in [5.74, 6) is 0.264. The van der Waals surface area contributed by atoms with Gasteiger partial charge in [0.05, 0.1) is 11.9 Å². The molecule has 4 heterocycles. The van der Waals surface area contributed by atoms with Crippen LogP contribution >= 0.6 is 11.3 Å². The third kappa shape index (κ3) is 4.34. The van der Waals surface area contributed by atoms with Crippen LogP contribution in [0.2, 0.25) is 0 Å². The van der Waals surface area contributed by atoms with Crippen LogP contribution in [0.1, 0.15) is 47.8 Å². The number of nitrogens with one attached hydrogen (secondary N) is 1. The molecular weight excluding hydrogens is 436 g/mol. The Morgan fingerprint density at radius 1 is 1.18 bits per heavy atom. The molecule has 4 aromatic rings. The highest BCUT2D eigenvalue weighted by Crippen LogP contribution is 2.31. The molecule has 9 heteroatoms. The van der Waals surface area contributed by atoms with Crippen molar-refractivity contribution in [3.63, 3.8) is 0 Å². The van der Waals surface area contributed by atoms with Crippen molar-refractivity contribution in [2.24, 2.45) is 0 Å². The summed E-state index contributed by atoms with van der Waals surface area (Å²) in [7, 11) is 0. The van der Waals surface area contributed by atoms with Gasteiger partial charge in [-0.3, -0.25) is 0 Å². The Hall–Kier alpha value is -3.30. The summed E-state index contributed by atoms with van der Waals surface area (Å²) >= 11 is 1.18. The number of anilines is 2. The van der Waals surface area contributed by atoms with Crippen molar-refractivity contribution in [1.82, 2.24) is 24.5 Å². The molecule has 1 aliphatic heterocycles. The van der Waals surface area contributed by atoms with E-state index in [0.29, 0.717) is 29.1 Å². The summed E-state index contributed by atoms with van der Waals surface area (Å²) in [6.45, 7) is 6.84. The zero-order valence-corrected chi connectivity index (χ0v) is 19.4. The van der Waals surface area contributed by atoms with Crippen LogP contribution in [-0.2, 0) is 0 Å². The lowest BCUT2D eigenvalue weighted by atomic mass is 9.89. The third-order valence-electron chi connectivity index (χ3n) is 6.31. The van der Waals surface area contributed by atoms with Crippen LogP contribution in [-0.4, -0.2) is 54.7 Å². The Balaban J connectivity index is 1.33. The van der Waals surface area contributed by atoms with Gasteiger partial charge < -0.3 is 15.3 Å². The SMILES string of the molecule is CC(C)N1CCC(c2ccc(Nc3ncc(-c4csc(C(=O)O)c4)n4ncnc34)cc2)CC1. The summed E-state index contributed by atoms with van der Waals surface area (Å²) in [6.07, 6.45) is 5.55. The predicted octanol–water partition coefficient (Wildman–Crippen LogP) is 4.88. The van der Waals surface area contributed by atoms with E-state index >= 15 is 0 Å². The molecule has 0 aliphatic carbocycles. The van der Waals surface area contributed by atoms with Crippen molar-refractivity contribution in [3.8, 4) is 11.3 Å². The number of fused-ring (bicyclic) bond motifs is 1. The second kappa shape index (κ2) is 8.92. The van der Waals surface area contributed by atoms with E-state index in [-0.39, 0.29) is 4.88 Å². The molecule has 0 radical (unpaired) electrons. The molecule has 1 aromatic carbocycles. The molecule has 1 aliphatic rings. The van der Waals surface area contributed by atoms with Gasteiger partial charge in [-0.1, -0.05) is 12.1 Å². The molecule has 2 N–H and O–H groups in total. The van der Waals surface area contributed by atoms with Gasteiger partial charge in [0.15, 0.2) is 11.5 Å². The lowest BCUT2D eigenvalue weighted by Crippen LogP contribution is -2.37. The van der Waals surface area contributed by atoms with Crippen molar-refractivity contribution in [3.05, 3.63) is 58.7 Å². The fraction of sp³-hybridized carbons (Fsp3) is 0.333. The number of rotatable bonds is 6. The maximum atomic E-state index is 11.2. The topological polar surface area (TPSA) is 95.7 Å². The molecular formula is C24H26N6O2S. The zero-order valence-electron chi connectivity index (χ0n) is 18.6. The van der Waals surface area contributed by atoms with Crippen molar-refractivity contribution in [1.29, 1.82) is 0 Å². The quantitative estimate of drug-likeness (QED) is 0.421. The fourth-order valence-corrected chi connectivity index (χ4v) is 5.15. The number of carboxylic acid groups (broad SMARTS) is 1. The number of likely N-dealkylation sites (tertiary alicyclic amines) is 1. The lowest BCUT2D eigenvalue weighted by molar-refractivity contribution is 0.0702.